The summed E-state index contributed by atoms with van der Waals surface area (Å²) in [5.74, 6) is -0.676. The minimum absolute atomic E-state index is 0.0561. The summed E-state index contributed by atoms with van der Waals surface area (Å²) >= 11 is 1.26. The highest BCUT2D eigenvalue weighted by atomic mass is 32.2. The summed E-state index contributed by atoms with van der Waals surface area (Å²) in [4.78, 5) is 0.557. The highest BCUT2D eigenvalue weighted by Gasteiger charge is 2.44. The van der Waals surface area contributed by atoms with Crippen molar-refractivity contribution in [3.8, 4) is 11.5 Å². The summed E-state index contributed by atoms with van der Waals surface area (Å²) < 4.78 is 55.3. The first-order valence-corrected chi connectivity index (χ1v) is 14.0. The van der Waals surface area contributed by atoms with Crippen LogP contribution in [0.2, 0.25) is 0 Å². The number of hydrogen-bond donors (Lipinski definition) is 1. The van der Waals surface area contributed by atoms with Crippen LogP contribution in [-0.2, 0) is 14.6 Å². The fourth-order valence-corrected chi connectivity index (χ4v) is 7.80. The molecule has 0 fully saturated rings. The molecule has 0 bridgehead atoms. The number of sulfonamides is 1. The second kappa shape index (κ2) is 9.93. The predicted molar refractivity (Wildman–Crippen MR) is 130 cm³/mol. The SMILES string of the molecule is Cc1ccc(S(=O)(=O)NC(c2cccs2)P(=O)(Oc2ccccc2)Oc2ccccc2)cc1. The van der Waals surface area contributed by atoms with E-state index in [0.29, 0.717) is 16.4 Å². The molecule has 0 saturated carbocycles. The van der Waals surface area contributed by atoms with Gasteiger partial charge in [-0.05, 0) is 54.8 Å². The zero-order chi connectivity index (χ0) is 23.3. The molecule has 0 spiro atoms. The number of aryl methyl sites for hydroxylation is 1. The van der Waals surface area contributed by atoms with E-state index in [-0.39, 0.29) is 4.90 Å². The lowest BCUT2D eigenvalue weighted by molar-refractivity contribution is 0.369. The van der Waals surface area contributed by atoms with Gasteiger partial charge in [0.15, 0.2) is 5.78 Å². The topological polar surface area (TPSA) is 81.7 Å². The normalized spacial score (nSPS) is 12.8. The third-order valence-corrected chi connectivity index (χ3v) is 9.37. The lowest BCUT2D eigenvalue weighted by Crippen LogP contribution is -2.30. The molecule has 1 heterocycles. The van der Waals surface area contributed by atoms with Crippen molar-refractivity contribution in [3.63, 3.8) is 0 Å². The second-order valence-electron chi connectivity index (χ2n) is 7.20. The van der Waals surface area contributed by atoms with E-state index in [4.69, 9.17) is 9.05 Å². The Morgan fingerprint density at radius 2 is 1.33 bits per heavy atom. The second-order valence-corrected chi connectivity index (χ2v) is 11.9. The lowest BCUT2D eigenvalue weighted by atomic mass is 10.2. The molecular weight excluding hydrogens is 477 g/mol. The quantitative estimate of drug-likeness (QED) is 0.270. The summed E-state index contributed by atoms with van der Waals surface area (Å²) in [6.07, 6.45) is 0. The molecule has 6 nitrogen and oxygen atoms in total. The van der Waals surface area contributed by atoms with Crippen LogP contribution in [0.1, 0.15) is 16.2 Å². The Bertz CT molecular complexity index is 1280. The number of thiophene rings is 1. The van der Waals surface area contributed by atoms with Gasteiger partial charge < -0.3 is 9.05 Å². The van der Waals surface area contributed by atoms with E-state index in [2.05, 4.69) is 4.72 Å². The van der Waals surface area contributed by atoms with Gasteiger partial charge in [-0.15, -0.1) is 11.3 Å². The first-order chi connectivity index (χ1) is 15.9. The van der Waals surface area contributed by atoms with Crippen LogP contribution in [0.3, 0.4) is 0 Å². The molecule has 4 rings (SSSR count). The number of nitrogens with one attached hydrogen (secondary N) is 1. The first kappa shape index (κ1) is 23.3. The third kappa shape index (κ3) is 5.72. The monoisotopic (exact) mass is 499 g/mol. The fourth-order valence-electron chi connectivity index (χ4n) is 3.04. The molecular formula is C24H22NO5PS2. The maximum Gasteiger partial charge on any atom is 0.453 e. The maximum absolute atomic E-state index is 14.3. The highest BCUT2D eigenvalue weighted by molar-refractivity contribution is 7.89. The Hall–Kier alpha value is -2.90. The van der Waals surface area contributed by atoms with Crippen LogP contribution in [-0.4, -0.2) is 8.42 Å². The third-order valence-electron chi connectivity index (χ3n) is 4.68. The minimum atomic E-state index is -4.17. The zero-order valence-electron chi connectivity index (χ0n) is 17.7. The molecule has 1 unspecified atom stereocenters. The molecule has 3 aromatic carbocycles. The molecule has 1 N–H and O–H groups in total. The van der Waals surface area contributed by atoms with Crippen LogP contribution in [0.4, 0.5) is 0 Å². The molecule has 0 radical (unpaired) electrons. The molecule has 0 aliphatic heterocycles. The van der Waals surface area contributed by atoms with Gasteiger partial charge in [-0.2, -0.15) is 4.72 Å². The number of hydrogen-bond acceptors (Lipinski definition) is 6. The van der Waals surface area contributed by atoms with E-state index in [1.165, 1.54) is 23.5 Å². The van der Waals surface area contributed by atoms with Crippen LogP contribution in [0.5, 0.6) is 11.5 Å². The number of rotatable bonds is 9. The molecule has 1 aromatic heterocycles. The maximum atomic E-state index is 14.3. The van der Waals surface area contributed by atoms with E-state index in [0.717, 1.165) is 5.56 Å². The van der Waals surface area contributed by atoms with E-state index in [1.54, 1.807) is 90.3 Å². The molecule has 4 aromatic rings. The molecule has 9 heteroatoms. The Balaban J connectivity index is 1.78. The first-order valence-electron chi connectivity index (χ1n) is 10.1. The van der Waals surface area contributed by atoms with Crippen molar-refractivity contribution in [1.29, 1.82) is 0 Å². The van der Waals surface area contributed by atoms with E-state index in [9.17, 15) is 13.0 Å². The van der Waals surface area contributed by atoms with Crippen molar-refractivity contribution in [1.82, 2.24) is 4.72 Å². The van der Waals surface area contributed by atoms with E-state index < -0.39 is 23.4 Å². The van der Waals surface area contributed by atoms with E-state index >= 15 is 0 Å². The number of para-hydroxylation sites is 2. The predicted octanol–water partition coefficient (Wildman–Crippen LogP) is 6.38. The van der Waals surface area contributed by atoms with Gasteiger partial charge >= 0.3 is 7.60 Å². The van der Waals surface area contributed by atoms with Crippen molar-refractivity contribution in [3.05, 3.63) is 113 Å². The number of benzene rings is 3. The molecule has 33 heavy (non-hydrogen) atoms. The van der Waals surface area contributed by atoms with Gasteiger partial charge in [-0.3, -0.25) is 0 Å². The summed E-state index contributed by atoms with van der Waals surface area (Å²) in [5.41, 5.74) is 0.925. The zero-order valence-corrected chi connectivity index (χ0v) is 20.2. The summed E-state index contributed by atoms with van der Waals surface area (Å²) in [6, 6.07) is 27.0. The standard InChI is InChI=1S/C24H22NO5PS2/c1-19-14-16-22(17-15-19)33(27,28)25-24(23-13-8-18-32-23)31(26,29-20-9-4-2-5-10-20)30-21-11-6-3-7-12-21/h2-18,24-25H,1H3. The van der Waals surface area contributed by atoms with Crippen LogP contribution < -0.4 is 13.8 Å². The van der Waals surface area contributed by atoms with Gasteiger partial charge in [-0.25, -0.2) is 13.0 Å². The van der Waals surface area contributed by atoms with Crippen molar-refractivity contribution in [2.75, 3.05) is 0 Å². The molecule has 0 aliphatic carbocycles. The summed E-state index contributed by atoms with van der Waals surface area (Å²) in [6.45, 7) is 1.87. The Labute approximate surface area is 197 Å². The molecule has 0 saturated heterocycles. The average molecular weight is 500 g/mol. The average Bonchev–Trinajstić information content (AvgIpc) is 3.33. The van der Waals surface area contributed by atoms with Gasteiger partial charge in [0.05, 0.1) is 4.90 Å². The lowest BCUT2D eigenvalue weighted by Gasteiger charge is -2.27. The Morgan fingerprint density at radius 1 is 0.788 bits per heavy atom. The van der Waals surface area contributed by atoms with Gasteiger partial charge in [0.1, 0.15) is 11.5 Å². The molecule has 1 atom stereocenters. The van der Waals surface area contributed by atoms with Crippen molar-refractivity contribution in [2.24, 2.45) is 0 Å². The van der Waals surface area contributed by atoms with Gasteiger partial charge in [-0.1, -0.05) is 60.2 Å². The summed E-state index contributed by atoms with van der Waals surface area (Å²) in [5, 5.41) is 1.78. The van der Waals surface area contributed by atoms with Gasteiger partial charge in [0.25, 0.3) is 0 Å². The van der Waals surface area contributed by atoms with Crippen molar-refractivity contribution >= 4 is 29.0 Å². The van der Waals surface area contributed by atoms with Crippen LogP contribution in [0.25, 0.3) is 0 Å². The Morgan fingerprint density at radius 3 is 1.82 bits per heavy atom. The van der Waals surface area contributed by atoms with Crippen LogP contribution >= 0.6 is 18.9 Å². The van der Waals surface area contributed by atoms with Gasteiger partial charge in [0, 0.05) is 4.88 Å². The van der Waals surface area contributed by atoms with Crippen LogP contribution in [0.15, 0.2) is 107 Å². The molecule has 0 amide bonds. The minimum Gasteiger partial charge on any atom is -0.415 e. The Kier molecular flexibility index (Phi) is 7.00. The van der Waals surface area contributed by atoms with Crippen molar-refractivity contribution in [2.45, 2.75) is 17.6 Å². The fraction of sp³-hybridized carbons (Fsp3) is 0.0833. The largest absolute Gasteiger partial charge is 0.453 e. The molecule has 170 valence electrons. The van der Waals surface area contributed by atoms with Crippen LogP contribution in [0, 0.1) is 6.92 Å². The van der Waals surface area contributed by atoms with E-state index in [1.807, 2.05) is 6.92 Å². The highest BCUT2D eigenvalue weighted by Crippen LogP contribution is 2.60. The molecule has 0 aliphatic rings. The smallest absolute Gasteiger partial charge is 0.415 e. The van der Waals surface area contributed by atoms with Gasteiger partial charge in [0.2, 0.25) is 10.0 Å². The summed E-state index contributed by atoms with van der Waals surface area (Å²) in [7, 11) is -8.21. The van der Waals surface area contributed by atoms with Crippen molar-refractivity contribution < 1.29 is 22.0 Å².